The molecule has 1 aromatic carbocycles. The Hall–Kier alpha value is -2.36. The van der Waals surface area contributed by atoms with Crippen molar-refractivity contribution in [1.82, 2.24) is 4.98 Å². The van der Waals surface area contributed by atoms with Crippen molar-refractivity contribution >= 4 is 11.7 Å². The van der Waals surface area contributed by atoms with Crippen LogP contribution in [0.4, 0.5) is 5.69 Å². The number of para-hydroxylation sites is 1. The second-order valence-electron chi connectivity index (χ2n) is 2.92. The second-order valence-corrected chi connectivity index (χ2v) is 2.92. The Morgan fingerprint density at radius 3 is 2.00 bits per heavy atom. The lowest BCUT2D eigenvalue weighted by Gasteiger charge is -1.96. The van der Waals surface area contributed by atoms with Gasteiger partial charge in [0, 0.05) is 18.1 Å². The fraction of sp³-hybridized carbons (Fsp3) is 0. The van der Waals surface area contributed by atoms with Gasteiger partial charge in [-0.05, 0) is 24.3 Å². The number of aromatic nitrogens is 1. The Morgan fingerprint density at radius 1 is 1.06 bits per heavy atom. The zero-order valence-electron chi connectivity index (χ0n) is 8.58. The van der Waals surface area contributed by atoms with Crippen molar-refractivity contribution in [2.24, 2.45) is 0 Å². The highest BCUT2D eigenvalue weighted by Crippen LogP contribution is 2.08. The molecule has 0 atom stereocenters. The summed E-state index contributed by atoms with van der Waals surface area (Å²) in [5, 5.41) is 8.49. The lowest BCUT2D eigenvalue weighted by Crippen LogP contribution is -2.00. The molecule has 0 saturated carbocycles. The standard InChI is InChI=1S/C7H7NO2.C5H5N/c8-6-4-2-1-3-5(6)7(9)10;1-2-4-6-5-3-1/h1-4H,8H2,(H,9,10);1-5H. The summed E-state index contributed by atoms with van der Waals surface area (Å²) in [6, 6.07) is 12.1. The number of anilines is 1. The van der Waals surface area contributed by atoms with Crippen molar-refractivity contribution in [2.45, 2.75) is 0 Å². The normalized spacial score (nSPS) is 8.75. The molecule has 0 amide bonds. The molecule has 0 aliphatic carbocycles. The molecule has 1 aromatic heterocycles. The summed E-state index contributed by atoms with van der Waals surface area (Å²) in [5.41, 5.74) is 5.80. The summed E-state index contributed by atoms with van der Waals surface area (Å²) < 4.78 is 0. The van der Waals surface area contributed by atoms with Gasteiger partial charge in [-0.3, -0.25) is 4.98 Å². The third kappa shape index (κ3) is 3.79. The van der Waals surface area contributed by atoms with Crippen molar-refractivity contribution < 1.29 is 9.90 Å². The van der Waals surface area contributed by atoms with E-state index in [1.807, 2.05) is 18.2 Å². The third-order valence-electron chi connectivity index (χ3n) is 1.76. The maximum Gasteiger partial charge on any atom is 0.337 e. The summed E-state index contributed by atoms with van der Waals surface area (Å²) in [5.74, 6) is -0.988. The first-order valence-corrected chi connectivity index (χ1v) is 4.64. The van der Waals surface area contributed by atoms with E-state index in [0.29, 0.717) is 5.69 Å². The van der Waals surface area contributed by atoms with E-state index in [2.05, 4.69) is 4.98 Å². The Labute approximate surface area is 93.4 Å². The Morgan fingerprint density at radius 2 is 1.69 bits per heavy atom. The van der Waals surface area contributed by atoms with Crippen LogP contribution in [0.2, 0.25) is 0 Å². The third-order valence-corrected chi connectivity index (χ3v) is 1.76. The molecular formula is C12H12N2O2. The summed E-state index contributed by atoms with van der Waals surface area (Å²) in [4.78, 5) is 14.1. The van der Waals surface area contributed by atoms with Gasteiger partial charge in [0.2, 0.25) is 0 Å². The van der Waals surface area contributed by atoms with E-state index < -0.39 is 5.97 Å². The van der Waals surface area contributed by atoms with Gasteiger partial charge in [-0.2, -0.15) is 0 Å². The lowest BCUT2D eigenvalue weighted by molar-refractivity contribution is 0.0698. The zero-order chi connectivity index (χ0) is 11.8. The first-order chi connectivity index (χ1) is 7.72. The molecule has 0 aliphatic heterocycles. The predicted octanol–water partition coefficient (Wildman–Crippen LogP) is 2.05. The van der Waals surface area contributed by atoms with Crippen LogP contribution in [0.15, 0.2) is 54.9 Å². The summed E-state index contributed by atoms with van der Waals surface area (Å²) in [6.07, 6.45) is 3.50. The number of carboxylic acid groups (broad SMARTS) is 1. The molecule has 2 aromatic rings. The minimum atomic E-state index is -0.988. The van der Waals surface area contributed by atoms with E-state index >= 15 is 0 Å². The van der Waals surface area contributed by atoms with E-state index in [1.54, 1.807) is 30.6 Å². The lowest BCUT2D eigenvalue weighted by atomic mass is 10.2. The van der Waals surface area contributed by atoms with Crippen molar-refractivity contribution in [1.29, 1.82) is 0 Å². The number of carbonyl (C=O) groups is 1. The Bertz CT molecular complexity index is 417. The number of nitrogens with zero attached hydrogens (tertiary/aromatic N) is 1. The summed E-state index contributed by atoms with van der Waals surface area (Å²) in [7, 11) is 0. The average Bonchev–Trinajstić information content (AvgIpc) is 2.32. The van der Waals surface area contributed by atoms with Gasteiger partial charge in [-0.15, -0.1) is 0 Å². The van der Waals surface area contributed by atoms with Crippen molar-refractivity contribution in [3.05, 3.63) is 60.4 Å². The van der Waals surface area contributed by atoms with Crippen LogP contribution >= 0.6 is 0 Å². The number of carboxylic acids is 1. The average molecular weight is 216 g/mol. The minimum Gasteiger partial charge on any atom is -0.478 e. The Kier molecular flexibility index (Phi) is 4.53. The molecule has 3 N–H and O–H groups in total. The Balaban J connectivity index is 0.000000181. The summed E-state index contributed by atoms with van der Waals surface area (Å²) >= 11 is 0. The number of pyridine rings is 1. The first-order valence-electron chi connectivity index (χ1n) is 4.64. The van der Waals surface area contributed by atoms with Gasteiger partial charge >= 0.3 is 5.97 Å². The fourth-order valence-corrected chi connectivity index (χ4v) is 1.00. The number of nitrogen functional groups attached to an aromatic ring is 1. The topological polar surface area (TPSA) is 76.2 Å². The van der Waals surface area contributed by atoms with E-state index in [4.69, 9.17) is 10.8 Å². The van der Waals surface area contributed by atoms with Crippen molar-refractivity contribution in [3.63, 3.8) is 0 Å². The molecule has 1 heterocycles. The number of hydrogen-bond donors (Lipinski definition) is 2. The van der Waals surface area contributed by atoms with Gasteiger partial charge in [0.15, 0.2) is 0 Å². The highest BCUT2D eigenvalue weighted by Gasteiger charge is 2.03. The smallest absolute Gasteiger partial charge is 0.337 e. The molecule has 0 fully saturated rings. The number of rotatable bonds is 1. The highest BCUT2D eigenvalue weighted by molar-refractivity contribution is 5.93. The van der Waals surface area contributed by atoms with Crippen LogP contribution in [0.25, 0.3) is 0 Å². The van der Waals surface area contributed by atoms with E-state index in [-0.39, 0.29) is 5.56 Å². The quantitative estimate of drug-likeness (QED) is 0.715. The fourth-order valence-electron chi connectivity index (χ4n) is 1.00. The van der Waals surface area contributed by atoms with Crippen LogP contribution in [0.1, 0.15) is 10.4 Å². The van der Waals surface area contributed by atoms with E-state index in [9.17, 15) is 4.79 Å². The molecule has 0 bridgehead atoms. The van der Waals surface area contributed by atoms with Crippen LogP contribution in [0, 0.1) is 0 Å². The number of hydrogen-bond acceptors (Lipinski definition) is 3. The number of benzene rings is 1. The SMILES string of the molecule is Nc1ccccc1C(=O)O.c1ccncc1. The van der Waals surface area contributed by atoms with Gasteiger partial charge in [0.25, 0.3) is 0 Å². The van der Waals surface area contributed by atoms with Crippen molar-refractivity contribution in [3.8, 4) is 0 Å². The molecule has 0 unspecified atom stereocenters. The van der Waals surface area contributed by atoms with Gasteiger partial charge < -0.3 is 10.8 Å². The molecule has 0 spiro atoms. The van der Waals surface area contributed by atoms with Gasteiger partial charge in [-0.1, -0.05) is 18.2 Å². The maximum atomic E-state index is 10.3. The number of aromatic carboxylic acids is 1. The monoisotopic (exact) mass is 216 g/mol. The maximum absolute atomic E-state index is 10.3. The first kappa shape index (κ1) is 11.7. The summed E-state index contributed by atoms with van der Waals surface area (Å²) in [6.45, 7) is 0. The molecule has 0 saturated heterocycles. The van der Waals surface area contributed by atoms with Crippen LogP contribution in [-0.4, -0.2) is 16.1 Å². The van der Waals surface area contributed by atoms with Gasteiger partial charge in [-0.25, -0.2) is 4.79 Å². The molecule has 2 rings (SSSR count). The molecule has 4 heteroatoms. The van der Waals surface area contributed by atoms with Crippen LogP contribution in [0.5, 0.6) is 0 Å². The largest absolute Gasteiger partial charge is 0.478 e. The van der Waals surface area contributed by atoms with Crippen LogP contribution in [0.3, 0.4) is 0 Å². The molecule has 4 nitrogen and oxygen atoms in total. The second kappa shape index (κ2) is 6.19. The van der Waals surface area contributed by atoms with Crippen molar-refractivity contribution in [2.75, 3.05) is 5.73 Å². The van der Waals surface area contributed by atoms with Gasteiger partial charge in [0.1, 0.15) is 0 Å². The molecule has 0 radical (unpaired) electrons. The van der Waals surface area contributed by atoms with Crippen LogP contribution in [-0.2, 0) is 0 Å². The van der Waals surface area contributed by atoms with Crippen LogP contribution < -0.4 is 5.73 Å². The number of nitrogens with two attached hydrogens (primary N) is 1. The highest BCUT2D eigenvalue weighted by atomic mass is 16.4. The molecule has 16 heavy (non-hydrogen) atoms. The molecular weight excluding hydrogens is 204 g/mol. The van der Waals surface area contributed by atoms with E-state index in [1.165, 1.54) is 6.07 Å². The molecule has 0 aliphatic rings. The predicted molar refractivity (Wildman–Crippen MR) is 62.1 cm³/mol. The minimum absolute atomic E-state index is 0.155. The van der Waals surface area contributed by atoms with Gasteiger partial charge in [0.05, 0.1) is 5.56 Å². The zero-order valence-corrected chi connectivity index (χ0v) is 8.58. The molecule has 82 valence electrons. The van der Waals surface area contributed by atoms with E-state index in [0.717, 1.165) is 0 Å².